The van der Waals surface area contributed by atoms with Crippen molar-refractivity contribution in [2.75, 3.05) is 5.75 Å². The summed E-state index contributed by atoms with van der Waals surface area (Å²) in [5, 5.41) is 16.7. The summed E-state index contributed by atoms with van der Waals surface area (Å²) in [6, 6.07) is 5.22. The van der Waals surface area contributed by atoms with Gasteiger partial charge < -0.3 is 5.21 Å². The molecule has 0 bridgehead atoms. The molecular weight excluding hydrogens is 373 g/mol. The van der Waals surface area contributed by atoms with Gasteiger partial charge in [0.15, 0.2) is 0 Å². The lowest BCUT2D eigenvalue weighted by Crippen LogP contribution is -2.06. The molecule has 0 saturated carbocycles. The van der Waals surface area contributed by atoms with E-state index in [0.29, 0.717) is 27.7 Å². The molecule has 3 aromatic rings. The number of thiazole rings is 1. The highest BCUT2D eigenvalue weighted by Crippen LogP contribution is 2.30. The maximum absolute atomic E-state index is 12.7. The van der Waals surface area contributed by atoms with Crippen LogP contribution >= 0.6 is 23.1 Å². The number of rotatable bonds is 5. The van der Waals surface area contributed by atoms with E-state index in [4.69, 9.17) is 0 Å². The summed E-state index contributed by atoms with van der Waals surface area (Å²) in [4.78, 5) is 5.55. The first-order valence-corrected chi connectivity index (χ1v) is 9.11. The third-order valence-electron chi connectivity index (χ3n) is 3.50. The van der Waals surface area contributed by atoms with E-state index in [1.165, 1.54) is 35.5 Å². The molecule has 2 aromatic heterocycles. The minimum atomic E-state index is -4.35. The number of aryl methyl sites for hydroxylation is 1. The van der Waals surface area contributed by atoms with E-state index < -0.39 is 11.7 Å². The molecule has 5 nitrogen and oxygen atoms in total. The molecule has 0 saturated heterocycles. The molecule has 0 fully saturated rings. The van der Waals surface area contributed by atoms with Gasteiger partial charge in [0.25, 0.3) is 0 Å². The van der Waals surface area contributed by atoms with Crippen LogP contribution in [0.3, 0.4) is 0 Å². The van der Waals surface area contributed by atoms with Gasteiger partial charge in [-0.15, -0.1) is 0 Å². The van der Waals surface area contributed by atoms with Crippen LogP contribution in [-0.4, -0.2) is 31.3 Å². The highest BCUT2D eigenvalue weighted by Gasteiger charge is 2.30. The number of oxime groups is 1. The number of thioether (sulfide) groups is 1. The maximum atomic E-state index is 12.7. The summed E-state index contributed by atoms with van der Waals surface area (Å²) in [5.74, 6) is 0.736. The first-order valence-electron chi connectivity index (χ1n) is 7.14. The SMILES string of the molecule is Cc1c(/C(CSCc2cccc(C(F)(F)F)c2)=N\O)sc2ncnn12. The van der Waals surface area contributed by atoms with Gasteiger partial charge in [0, 0.05) is 11.5 Å². The normalized spacial score (nSPS) is 12.9. The number of hydrogen-bond donors (Lipinski definition) is 1. The lowest BCUT2D eigenvalue weighted by Gasteiger charge is -2.09. The molecule has 1 N–H and O–H groups in total. The largest absolute Gasteiger partial charge is 0.416 e. The monoisotopic (exact) mass is 386 g/mol. The summed E-state index contributed by atoms with van der Waals surface area (Å²) in [5.41, 5.74) is 1.16. The van der Waals surface area contributed by atoms with Gasteiger partial charge >= 0.3 is 6.18 Å². The number of hydrogen-bond acceptors (Lipinski definition) is 6. The lowest BCUT2D eigenvalue weighted by molar-refractivity contribution is -0.137. The number of benzene rings is 1. The fourth-order valence-electron chi connectivity index (χ4n) is 2.30. The first kappa shape index (κ1) is 17.7. The number of fused-ring (bicyclic) bond motifs is 1. The van der Waals surface area contributed by atoms with E-state index in [-0.39, 0.29) is 0 Å². The molecule has 0 radical (unpaired) electrons. The van der Waals surface area contributed by atoms with Crippen molar-refractivity contribution in [3.63, 3.8) is 0 Å². The topological polar surface area (TPSA) is 62.8 Å². The zero-order chi connectivity index (χ0) is 18.0. The molecular formula is C15H13F3N4OS2. The molecule has 0 atom stereocenters. The molecule has 3 rings (SSSR count). The first-order chi connectivity index (χ1) is 11.9. The van der Waals surface area contributed by atoms with Crippen LogP contribution < -0.4 is 0 Å². The second kappa shape index (κ2) is 7.04. The summed E-state index contributed by atoms with van der Waals surface area (Å²) < 4.78 is 39.9. The van der Waals surface area contributed by atoms with Crippen LogP contribution in [0.2, 0.25) is 0 Å². The van der Waals surface area contributed by atoms with Crippen molar-refractivity contribution in [3.8, 4) is 0 Å². The maximum Gasteiger partial charge on any atom is 0.416 e. The predicted molar refractivity (Wildman–Crippen MR) is 91.5 cm³/mol. The Morgan fingerprint density at radius 2 is 2.20 bits per heavy atom. The fourth-order valence-corrected chi connectivity index (χ4v) is 4.32. The molecule has 0 aliphatic carbocycles. The molecule has 0 spiro atoms. The highest BCUT2D eigenvalue weighted by molar-refractivity contribution is 7.99. The Kier molecular flexibility index (Phi) is 5.00. The Morgan fingerprint density at radius 1 is 1.40 bits per heavy atom. The van der Waals surface area contributed by atoms with Crippen LogP contribution in [0.4, 0.5) is 13.2 Å². The molecule has 0 amide bonds. The summed E-state index contributed by atoms with van der Waals surface area (Å²) in [6.45, 7) is 1.84. The minimum Gasteiger partial charge on any atom is -0.411 e. The van der Waals surface area contributed by atoms with Gasteiger partial charge in [-0.1, -0.05) is 34.7 Å². The van der Waals surface area contributed by atoms with Gasteiger partial charge in [0.2, 0.25) is 4.96 Å². The van der Waals surface area contributed by atoms with Crippen molar-refractivity contribution in [3.05, 3.63) is 52.3 Å². The standard InChI is InChI=1S/C15H13F3N4OS2/c1-9-13(25-14-19-8-20-22(9)14)12(21-23)7-24-6-10-3-2-4-11(5-10)15(16,17)18/h2-5,8,23H,6-7H2,1H3/b21-12-. The van der Waals surface area contributed by atoms with Gasteiger partial charge in [0.1, 0.15) is 12.0 Å². The Bertz CT molecular complexity index is 917. The number of halogens is 3. The number of alkyl halides is 3. The zero-order valence-electron chi connectivity index (χ0n) is 13.0. The van der Waals surface area contributed by atoms with Gasteiger partial charge in [-0.3, -0.25) is 0 Å². The molecule has 0 unspecified atom stereocenters. The Balaban J connectivity index is 1.68. The van der Waals surface area contributed by atoms with Crippen molar-refractivity contribution in [2.45, 2.75) is 18.9 Å². The van der Waals surface area contributed by atoms with Crippen LogP contribution in [0.15, 0.2) is 35.7 Å². The van der Waals surface area contributed by atoms with Gasteiger partial charge in [-0.25, -0.2) is 9.50 Å². The smallest absolute Gasteiger partial charge is 0.411 e. The van der Waals surface area contributed by atoms with Crippen molar-refractivity contribution in [1.29, 1.82) is 0 Å². The van der Waals surface area contributed by atoms with Gasteiger partial charge in [0.05, 0.1) is 16.1 Å². The highest BCUT2D eigenvalue weighted by atomic mass is 32.2. The van der Waals surface area contributed by atoms with E-state index >= 15 is 0 Å². The predicted octanol–water partition coefficient (Wildman–Crippen LogP) is 4.23. The van der Waals surface area contributed by atoms with E-state index in [1.807, 2.05) is 6.92 Å². The Morgan fingerprint density at radius 3 is 2.88 bits per heavy atom. The molecule has 0 aliphatic heterocycles. The summed E-state index contributed by atoms with van der Waals surface area (Å²) in [6.07, 6.45) is -2.91. The third kappa shape index (κ3) is 3.79. The lowest BCUT2D eigenvalue weighted by atomic mass is 10.1. The van der Waals surface area contributed by atoms with Crippen molar-refractivity contribution >= 4 is 33.8 Å². The van der Waals surface area contributed by atoms with E-state index in [2.05, 4.69) is 15.2 Å². The molecule has 10 heteroatoms. The number of nitrogens with zero attached hydrogens (tertiary/aromatic N) is 4. The van der Waals surface area contributed by atoms with E-state index in [9.17, 15) is 18.4 Å². The number of aromatic nitrogens is 3. The molecule has 2 heterocycles. The van der Waals surface area contributed by atoms with E-state index in [1.54, 1.807) is 10.6 Å². The average molecular weight is 386 g/mol. The molecule has 132 valence electrons. The average Bonchev–Trinajstić information content (AvgIpc) is 3.15. The molecule has 25 heavy (non-hydrogen) atoms. The summed E-state index contributed by atoms with van der Waals surface area (Å²) >= 11 is 2.72. The quantitative estimate of drug-likeness (QED) is 0.405. The van der Waals surface area contributed by atoms with Crippen LogP contribution in [0, 0.1) is 6.92 Å². The van der Waals surface area contributed by atoms with Gasteiger partial charge in [-0.05, 0) is 18.6 Å². The van der Waals surface area contributed by atoms with Crippen molar-refractivity contribution in [2.24, 2.45) is 5.16 Å². The Hall–Kier alpha value is -2.07. The second-order valence-electron chi connectivity index (χ2n) is 5.21. The van der Waals surface area contributed by atoms with E-state index in [0.717, 1.165) is 22.7 Å². The third-order valence-corrected chi connectivity index (χ3v) is 5.71. The summed E-state index contributed by atoms with van der Waals surface area (Å²) in [7, 11) is 0. The minimum absolute atomic E-state index is 0.358. The molecule has 1 aromatic carbocycles. The van der Waals surface area contributed by atoms with Crippen LogP contribution in [0.5, 0.6) is 0 Å². The zero-order valence-corrected chi connectivity index (χ0v) is 14.6. The van der Waals surface area contributed by atoms with Crippen LogP contribution in [0.25, 0.3) is 4.96 Å². The second-order valence-corrected chi connectivity index (χ2v) is 7.17. The van der Waals surface area contributed by atoms with Crippen molar-refractivity contribution in [1.82, 2.24) is 14.6 Å². The van der Waals surface area contributed by atoms with Gasteiger partial charge in [-0.2, -0.15) is 30.0 Å². The fraction of sp³-hybridized carbons (Fsp3) is 0.267. The molecule has 0 aliphatic rings. The van der Waals surface area contributed by atoms with Crippen LogP contribution in [0.1, 0.15) is 21.7 Å². The Labute approximate surface area is 149 Å². The van der Waals surface area contributed by atoms with Crippen molar-refractivity contribution < 1.29 is 18.4 Å². The van der Waals surface area contributed by atoms with Crippen LogP contribution in [-0.2, 0) is 11.9 Å².